The van der Waals surface area contributed by atoms with Crippen LogP contribution in [0.2, 0.25) is 0 Å². The number of nitrogen functional groups attached to an aromatic ring is 1. The summed E-state index contributed by atoms with van der Waals surface area (Å²) >= 11 is 0. The number of nitrogens with zero attached hydrogens (tertiary/aromatic N) is 1. The molecule has 3 amide bonds. The second-order valence-corrected chi connectivity index (χ2v) is 7.68. The molecule has 5 N–H and O–H groups in total. The van der Waals surface area contributed by atoms with Crippen LogP contribution < -0.4 is 25.8 Å². The number of carbonyl (C=O) groups excluding carboxylic acids is 3. The molecule has 1 aliphatic rings. The van der Waals surface area contributed by atoms with Crippen molar-refractivity contribution in [2.45, 2.75) is 26.2 Å². The Hall–Kier alpha value is -4.12. The van der Waals surface area contributed by atoms with Crippen LogP contribution in [-0.4, -0.2) is 62.1 Å². The lowest BCUT2D eigenvalue weighted by atomic mass is 10.1. The van der Waals surface area contributed by atoms with E-state index < -0.39 is 12.1 Å². The summed E-state index contributed by atoms with van der Waals surface area (Å²) in [5.41, 5.74) is 7.78. The predicted molar refractivity (Wildman–Crippen MR) is 127 cm³/mol. The Labute approximate surface area is 203 Å². The summed E-state index contributed by atoms with van der Waals surface area (Å²) < 4.78 is 16.5. The van der Waals surface area contributed by atoms with Gasteiger partial charge in [0.1, 0.15) is 17.3 Å². The van der Waals surface area contributed by atoms with E-state index in [1.807, 2.05) is 0 Å². The third-order valence-corrected chi connectivity index (χ3v) is 5.45. The summed E-state index contributed by atoms with van der Waals surface area (Å²) in [5, 5.41) is 12.9. The van der Waals surface area contributed by atoms with Crippen molar-refractivity contribution in [2.75, 3.05) is 27.4 Å². The standard InChI is InChI=1S/C24H29N5O6/c1-4-34-24(29-12-16-9-17(33-3)7-8-18(16)23(29)32)22(31)28-11-15-6-5-14(21(25)26)10-19(15)35-13-20(30)27-2/h5-10,24H,4,11-13H2,1-3H3,(H3,25,26)(H,27,30)(H,28,31)/t24-/m0/s1. The average molecular weight is 484 g/mol. The fourth-order valence-electron chi connectivity index (χ4n) is 3.59. The van der Waals surface area contributed by atoms with Crippen molar-refractivity contribution in [2.24, 2.45) is 5.73 Å². The lowest BCUT2D eigenvalue weighted by molar-refractivity contribution is -0.143. The van der Waals surface area contributed by atoms with Crippen molar-refractivity contribution in [1.82, 2.24) is 15.5 Å². The average Bonchev–Trinajstić information content (AvgIpc) is 3.19. The quantitative estimate of drug-likeness (QED) is 0.271. The Balaban J connectivity index is 1.75. The number of carbonyl (C=O) groups is 3. The molecule has 3 rings (SSSR count). The smallest absolute Gasteiger partial charge is 0.270 e. The third kappa shape index (κ3) is 5.87. The maximum absolute atomic E-state index is 13.1. The number of fused-ring (bicyclic) bond motifs is 1. The van der Waals surface area contributed by atoms with Crippen LogP contribution in [0.4, 0.5) is 0 Å². The van der Waals surface area contributed by atoms with Crippen LogP contribution in [0.3, 0.4) is 0 Å². The van der Waals surface area contributed by atoms with Gasteiger partial charge in [0.2, 0.25) is 6.23 Å². The van der Waals surface area contributed by atoms with Crippen LogP contribution in [0.1, 0.15) is 34.0 Å². The first-order valence-corrected chi connectivity index (χ1v) is 11.0. The highest BCUT2D eigenvalue weighted by molar-refractivity contribution is 6.01. The normalized spacial score (nSPS) is 13.1. The van der Waals surface area contributed by atoms with Gasteiger partial charge < -0.3 is 35.5 Å². The van der Waals surface area contributed by atoms with E-state index in [9.17, 15) is 14.4 Å². The fourth-order valence-corrected chi connectivity index (χ4v) is 3.59. The molecule has 0 fully saturated rings. The number of methoxy groups -OCH3 is 1. The van der Waals surface area contributed by atoms with Crippen LogP contribution in [0, 0.1) is 5.41 Å². The number of amides is 3. The van der Waals surface area contributed by atoms with Gasteiger partial charge in [-0.2, -0.15) is 0 Å². The van der Waals surface area contributed by atoms with E-state index in [1.165, 1.54) is 18.0 Å². The highest BCUT2D eigenvalue weighted by Gasteiger charge is 2.37. The number of rotatable bonds is 11. The fraction of sp³-hybridized carbons (Fsp3) is 0.333. The van der Waals surface area contributed by atoms with Crippen LogP contribution in [0.25, 0.3) is 0 Å². The minimum Gasteiger partial charge on any atom is -0.497 e. The van der Waals surface area contributed by atoms with Crippen molar-refractivity contribution in [1.29, 1.82) is 5.41 Å². The first kappa shape index (κ1) is 25.5. The van der Waals surface area contributed by atoms with Crippen molar-refractivity contribution < 1.29 is 28.6 Å². The van der Waals surface area contributed by atoms with Crippen LogP contribution in [0.15, 0.2) is 36.4 Å². The van der Waals surface area contributed by atoms with Gasteiger partial charge in [-0.25, -0.2) is 0 Å². The Morgan fingerprint density at radius 2 is 2.00 bits per heavy atom. The SMILES string of the molecule is CCO[C@@H](C(=O)NCc1ccc(C(=N)N)cc1OCC(=O)NC)N1Cc2cc(OC)ccc2C1=O. The zero-order chi connectivity index (χ0) is 25.5. The number of hydrogen-bond acceptors (Lipinski definition) is 7. The zero-order valence-corrected chi connectivity index (χ0v) is 19.8. The van der Waals surface area contributed by atoms with Crippen molar-refractivity contribution in [3.8, 4) is 11.5 Å². The number of nitrogens with one attached hydrogen (secondary N) is 3. The molecule has 0 bridgehead atoms. The molecule has 1 heterocycles. The topological polar surface area (TPSA) is 156 Å². The molecule has 11 heteroatoms. The van der Waals surface area contributed by atoms with Gasteiger partial charge in [-0.1, -0.05) is 12.1 Å². The number of likely N-dealkylation sites (N-methyl/N-ethyl adjacent to an activating group) is 1. The molecule has 1 atom stereocenters. The first-order chi connectivity index (χ1) is 16.8. The predicted octanol–water partition coefficient (Wildman–Crippen LogP) is 0.739. The summed E-state index contributed by atoms with van der Waals surface area (Å²) in [5.74, 6) is -0.399. The van der Waals surface area contributed by atoms with Crippen LogP contribution in [0.5, 0.6) is 11.5 Å². The van der Waals surface area contributed by atoms with Gasteiger partial charge in [0.05, 0.1) is 7.11 Å². The second kappa shape index (κ2) is 11.3. The molecule has 0 aromatic heterocycles. The molecular weight excluding hydrogens is 454 g/mol. The number of nitrogens with two attached hydrogens (primary N) is 1. The van der Waals surface area contributed by atoms with E-state index in [2.05, 4.69) is 10.6 Å². The molecule has 0 unspecified atom stereocenters. The van der Waals surface area contributed by atoms with E-state index in [0.29, 0.717) is 28.2 Å². The van der Waals surface area contributed by atoms with E-state index in [4.69, 9.17) is 25.4 Å². The summed E-state index contributed by atoms with van der Waals surface area (Å²) in [6, 6.07) is 9.92. The van der Waals surface area contributed by atoms with Gasteiger partial charge in [0, 0.05) is 43.4 Å². The highest BCUT2D eigenvalue weighted by atomic mass is 16.5. The molecule has 0 saturated carbocycles. The van der Waals surface area contributed by atoms with Crippen LogP contribution >= 0.6 is 0 Å². The van der Waals surface area contributed by atoms with Crippen molar-refractivity contribution in [3.63, 3.8) is 0 Å². The van der Waals surface area contributed by atoms with Gasteiger partial charge in [0.25, 0.3) is 17.7 Å². The van der Waals surface area contributed by atoms with E-state index in [0.717, 1.165) is 5.56 Å². The van der Waals surface area contributed by atoms with E-state index >= 15 is 0 Å². The molecule has 1 aliphatic heterocycles. The van der Waals surface area contributed by atoms with Gasteiger partial charge in [-0.15, -0.1) is 0 Å². The molecule has 0 radical (unpaired) electrons. The van der Waals surface area contributed by atoms with Gasteiger partial charge in [0.15, 0.2) is 6.61 Å². The molecule has 11 nitrogen and oxygen atoms in total. The molecule has 0 aliphatic carbocycles. The molecule has 0 saturated heterocycles. The number of amidine groups is 1. The Morgan fingerprint density at radius 3 is 2.66 bits per heavy atom. The van der Waals surface area contributed by atoms with Gasteiger partial charge in [-0.3, -0.25) is 19.8 Å². The monoisotopic (exact) mass is 483 g/mol. The summed E-state index contributed by atoms with van der Waals surface area (Å²) in [6.45, 7) is 1.95. The molecule has 2 aromatic rings. The maximum Gasteiger partial charge on any atom is 0.270 e. The molecule has 0 spiro atoms. The minimum absolute atomic E-state index is 0.0342. The molecule has 35 heavy (non-hydrogen) atoms. The highest BCUT2D eigenvalue weighted by Crippen LogP contribution is 2.29. The Morgan fingerprint density at radius 1 is 1.23 bits per heavy atom. The molecule has 2 aromatic carbocycles. The first-order valence-electron chi connectivity index (χ1n) is 11.0. The summed E-state index contributed by atoms with van der Waals surface area (Å²) in [4.78, 5) is 39.0. The zero-order valence-electron chi connectivity index (χ0n) is 19.8. The Bertz CT molecular complexity index is 1140. The lowest BCUT2D eigenvalue weighted by Gasteiger charge is -2.26. The lowest BCUT2D eigenvalue weighted by Crippen LogP contribution is -2.48. The molecular formula is C24H29N5O6. The number of hydrogen-bond donors (Lipinski definition) is 4. The number of ether oxygens (including phenoxy) is 3. The van der Waals surface area contributed by atoms with Crippen LogP contribution in [-0.2, 0) is 27.4 Å². The maximum atomic E-state index is 13.1. The summed E-state index contributed by atoms with van der Waals surface area (Å²) in [7, 11) is 3.03. The van der Waals surface area contributed by atoms with E-state index in [1.54, 1.807) is 44.4 Å². The largest absolute Gasteiger partial charge is 0.497 e. The summed E-state index contributed by atoms with van der Waals surface area (Å²) in [6.07, 6.45) is -1.14. The van der Waals surface area contributed by atoms with Gasteiger partial charge in [-0.05, 0) is 36.8 Å². The molecule has 186 valence electrons. The third-order valence-electron chi connectivity index (χ3n) is 5.45. The minimum atomic E-state index is -1.14. The van der Waals surface area contributed by atoms with Crippen molar-refractivity contribution in [3.05, 3.63) is 58.7 Å². The van der Waals surface area contributed by atoms with Crippen molar-refractivity contribution >= 4 is 23.6 Å². The van der Waals surface area contributed by atoms with E-state index in [-0.39, 0.29) is 44.0 Å². The van der Waals surface area contributed by atoms with Gasteiger partial charge >= 0.3 is 0 Å². The second-order valence-electron chi connectivity index (χ2n) is 7.68. The number of benzene rings is 2. The Kier molecular flexibility index (Phi) is 8.26.